The van der Waals surface area contributed by atoms with Crippen molar-refractivity contribution in [2.24, 2.45) is 17.8 Å². The zero-order valence-corrected chi connectivity index (χ0v) is 21.2. The average molecular weight is 425 g/mol. The quantitative estimate of drug-likeness (QED) is 0.166. The van der Waals surface area contributed by atoms with Crippen LogP contribution >= 0.6 is 0 Å². The number of carboxylic acid groups (broad SMARTS) is 1. The first-order valence-electron chi connectivity index (χ1n) is 13.8. The maximum absolute atomic E-state index is 11.8. The summed E-state index contributed by atoms with van der Waals surface area (Å²) in [5.74, 6) is 0.456. The summed E-state index contributed by atoms with van der Waals surface area (Å²) >= 11 is 0. The molecular weight excluding hydrogens is 368 g/mol. The summed E-state index contributed by atoms with van der Waals surface area (Å²) < 4.78 is 0. The molecule has 0 radical (unpaired) electrons. The molecule has 0 aliphatic carbocycles. The van der Waals surface area contributed by atoms with E-state index in [-0.39, 0.29) is 5.92 Å². The lowest BCUT2D eigenvalue weighted by atomic mass is 9.82. The summed E-state index contributed by atoms with van der Waals surface area (Å²) in [5.41, 5.74) is 0. The van der Waals surface area contributed by atoms with Crippen molar-refractivity contribution >= 4 is 5.97 Å². The maximum Gasteiger partial charge on any atom is 0.306 e. The normalized spacial score (nSPS) is 14.5. The number of unbranched alkanes of at least 4 members (excludes halogenated alkanes) is 12. The molecule has 180 valence electrons. The van der Waals surface area contributed by atoms with Crippen LogP contribution in [0, 0.1) is 17.8 Å². The highest BCUT2D eigenvalue weighted by Crippen LogP contribution is 2.29. The predicted molar refractivity (Wildman–Crippen MR) is 133 cm³/mol. The molecular formula is C28H56O2. The molecule has 0 heterocycles. The molecule has 0 aromatic carbocycles. The molecule has 1 N–H and O–H groups in total. The van der Waals surface area contributed by atoms with Gasteiger partial charge in [0.1, 0.15) is 0 Å². The molecule has 30 heavy (non-hydrogen) atoms. The number of carbonyl (C=O) groups is 1. The van der Waals surface area contributed by atoms with Crippen LogP contribution in [0.5, 0.6) is 0 Å². The molecule has 2 nitrogen and oxygen atoms in total. The van der Waals surface area contributed by atoms with Gasteiger partial charge < -0.3 is 5.11 Å². The lowest BCUT2D eigenvalue weighted by Crippen LogP contribution is -2.20. The van der Waals surface area contributed by atoms with E-state index in [1.165, 1.54) is 116 Å². The van der Waals surface area contributed by atoms with Gasteiger partial charge in [-0.1, -0.05) is 143 Å². The van der Waals surface area contributed by atoms with Gasteiger partial charge in [0.25, 0.3) is 0 Å². The van der Waals surface area contributed by atoms with E-state index in [1.54, 1.807) is 0 Å². The number of rotatable bonds is 23. The SMILES string of the molecule is CCCCCCCCCCCCCCC(C)CC(CC(CCC)CCCC)C(=O)O. The van der Waals surface area contributed by atoms with Crippen molar-refractivity contribution in [3.8, 4) is 0 Å². The van der Waals surface area contributed by atoms with Gasteiger partial charge in [-0.15, -0.1) is 0 Å². The highest BCUT2D eigenvalue weighted by atomic mass is 16.4. The van der Waals surface area contributed by atoms with E-state index in [0.29, 0.717) is 11.8 Å². The summed E-state index contributed by atoms with van der Waals surface area (Å²) in [7, 11) is 0. The van der Waals surface area contributed by atoms with Crippen molar-refractivity contribution in [1.29, 1.82) is 0 Å². The van der Waals surface area contributed by atoms with Crippen LogP contribution in [0.4, 0.5) is 0 Å². The van der Waals surface area contributed by atoms with Crippen LogP contribution in [0.2, 0.25) is 0 Å². The number of aliphatic carboxylic acids is 1. The Labute approximate surface area is 190 Å². The van der Waals surface area contributed by atoms with Gasteiger partial charge in [0.2, 0.25) is 0 Å². The molecule has 0 fully saturated rings. The molecule has 3 atom stereocenters. The van der Waals surface area contributed by atoms with Gasteiger partial charge in [-0.25, -0.2) is 0 Å². The maximum atomic E-state index is 11.8. The minimum Gasteiger partial charge on any atom is -0.481 e. The van der Waals surface area contributed by atoms with Crippen LogP contribution in [0.1, 0.15) is 156 Å². The molecule has 0 saturated carbocycles. The van der Waals surface area contributed by atoms with Crippen molar-refractivity contribution in [3.63, 3.8) is 0 Å². The second-order valence-electron chi connectivity index (χ2n) is 10.1. The summed E-state index contributed by atoms with van der Waals surface area (Å²) in [4.78, 5) is 11.8. The fourth-order valence-corrected chi connectivity index (χ4v) is 4.92. The number of hydrogen-bond acceptors (Lipinski definition) is 1. The molecule has 0 aliphatic heterocycles. The summed E-state index contributed by atoms with van der Waals surface area (Å²) in [6.45, 7) is 9.01. The lowest BCUT2D eigenvalue weighted by Gasteiger charge is -2.23. The van der Waals surface area contributed by atoms with Gasteiger partial charge in [-0.2, -0.15) is 0 Å². The zero-order chi connectivity index (χ0) is 22.5. The molecule has 0 rings (SSSR count). The van der Waals surface area contributed by atoms with Gasteiger partial charge >= 0.3 is 5.97 Å². The van der Waals surface area contributed by atoms with E-state index >= 15 is 0 Å². The van der Waals surface area contributed by atoms with Gasteiger partial charge in [0.05, 0.1) is 5.92 Å². The van der Waals surface area contributed by atoms with E-state index in [0.717, 1.165) is 12.8 Å². The third kappa shape index (κ3) is 18.3. The van der Waals surface area contributed by atoms with Crippen molar-refractivity contribution in [1.82, 2.24) is 0 Å². The van der Waals surface area contributed by atoms with Crippen molar-refractivity contribution in [2.45, 2.75) is 156 Å². The molecule has 2 heteroatoms. The Morgan fingerprint density at radius 3 is 1.57 bits per heavy atom. The van der Waals surface area contributed by atoms with E-state index in [2.05, 4.69) is 27.7 Å². The van der Waals surface area contributed by atoms with Crippen LogP contribution in [0.15, 0.2) is 0 Å². The third-order valence-electron chi connectivity index (χ3n) is 6.87. The fourth-order valence-electron chi connectivity index (χ4n) is 4.92. The molecule has 0 saturated heterocycles. The summed E-state index contributed by atoms with van der Waals surface area (Å²) in [5, 5.41) is 9.74. The van der Waals surface area contributed by atoms with Gasteiger partial charge in [-0.3, -0.25) is 4.79 Å². The van der Waals surface area contributed by atoms with Crippen LogP contribution in [-0.4, -0.2) is 11.1 Å². The van der Waals surface area contributed by atoms with Crippen LogP contribution < -0.4 is 0 Å². The Kier molecular flexibility index (Phi) is 21.3. The predicted octanol–water partition coefficient (Wildman–Crippen LogP) is 9.80. The minimum absolute atomic E-state index is 0.134. The topological polar surface area (TPSA) is 37.3 Å². The van der Waals surface area contributed by atoms with E-state index in [4.69, 9.17) is 0 Å². The Hall–Kier alpha value is -0.530. The summed E-state index contributed by atoms with van der Waals surface area (Å²) in [6.07, 6.45) is 25.6. The molecule has 0 spiro atoms. The Bertz CT molecular complexity index is 366. The van der Waals surface area contributed by atoms with Crippen molar-refractivity contribution in [2.75, 3.05) is 0 Å². The minimum atomic E-state index is -0.561. The molecule has 0 bridgehead atoms. The van der Waals surface area contributed by atoms with E-state index < -0.39 is 5.97 Å². The molecule has 0 aromatic rings. The monoisotopic (exact) mass is 424 g/mol. The summed E-state index contributed by atoms with van der Waals surface area (Å²) in [6, 6.07) is 0. The molecule has 0 aliphatic rings. The molecule has 0 aromatic heterocycles. The largest absolute Gasteiger partial charge is 0.481 e. The van der Waals surface area contributed by atoms with E-state index in [9.17, 15) is 9.90 Å². The van der Waals surface area contributed by atoms with Crippen LogP contribution in [-0.2, 0) is 4.79 Å². The first kappa shape index (κ1) is 29.5. The molecule has 0 amide bonds. The van der Waals surface area contributed by atoms with Gasteiger partial charge in [0, 0.05) is 0 Å². The van der Waals surface area contributed by atoms with Crippen LogP contribution in [0.3, 0.4) is 0 Å². The van der Waals surface area contributed by atoms with Gasteiger partial charge in [0.15, 0.2) is 0 Å². The third-order valence-corrected chi connectivity index (χ3v) is 6.87. The Balaban J connectivity index is 3.84. The molecule has 3 unspecified atom stereocenters. The first-order valence-corrected chi connectivity index (χ1v) is 13.8. The van der Waals surface area contributed by atoms with E-state index in [1.807, 2.05) is 0 Å². The average Bonchev–Trinajstić information content (AvgIpc) is 2.72. The second kappa shape index (κ2) is 21.7. The number of hydrogen-bond donors (Lipinski definition) is 1. The van der Waals surface area contributed by atoms with Gasteiger partial charge in [-0.05, 0) is 24.7 Å². The number of carboxylic acids is 1. The highest BCUT2D eigenvalue weighted by Gasteiger charge is 2.24. The van der Waals surface area contributed by atoms with Crippen LogP contribution in [0.25, 0.3) is 0 Å². The standard InChI is InChI=1S/C28H56O2/c1-5-8-10-11-12-13-14-15-16-17-18-19-21-25(4)23-27(28(29)30)24-26(20-7-3)22-9-6-2/h25-27H,5-24H2,1-4H3,(H,29,30). The van der Waals surface area contributed by atoms with Crippen molar-refractivity contribution < 1.29 is 9.90 Å². The highest BCUT2D eigenvalue weighted by molar-refractivity contribution is 5.69. The zero-order valence-electron chi connectivity index (χ0n) is 21.2. The lowest BCUT2D eigenvalue weighted by molar-refractivity contribution is -0.143. The smallest absolute Gasteiger partial charge is 0.306 e. The first-order chi connectivity index (χ1) is 14.5. The second-order valence-corrected chi connectivity index (χ2v) is 10.1. The fraction of sp³-hybridized carbons (Fsp3) is 0.964. The Morgan fingerprint density at radius 1 is 0.600 bits per heavy atom. The Morgan fingerprint density at radius 2 is 1.10 bits per heavy atom. The van der Waals surface area contributed by atoms with Crippen molar-refractivity contribution in [3.05, 3.63) is 0 Å².